The lowest BCUT2D eigenvalue weighted by Gasteiger charge is -2.41. The van der Waals surface area contributed by atoms with E-state index in [0.717, 1.165) is 0 Å². The smallest absolute Gasteiger partial charge is 0.319 e. The van der Waals surface area contributed by atoms with Gasteiger partial charge >= 0.3 is 7.82 Å². The zero-order valence-electron chi connectivity index (χ0n) is 5.28. The highest BCUT2D eigenvalue weighted by Gasteiger charge is 2.48. The molecule has 0 aromatic heterocycles. The summed E-state index contributed by atoms with van der Waals surface area (Å²) < 4.78 is 25.3. The van der Waals surface area contributed by atoms with E-state index in [4.69, 9.17) is 19.3 Å². The quantitative estimate of drug-likeness (QED) is 0.506. The average Bonchev–Trinajstić information content (AvgIpc) is 1.93. The fourth-order valence-corrected chi connectivity index (χ4v) is 2.33. The van der Waals surface area contributed by atoms with Gasteiger partial charge in [-0.1, -0.05) is 0 Å². The molecule has 0 atom stereocenters. The van der Waals surface area contributed by atoms with Crippen molar-refractivity contribution in [1.82, 2.24) is 0 Å². The number of hydrogen-bond donors (Lipinski definition) is 1. The number of hydrogen-bond acceptors (Lipinski definition) is 5. The molecule has 3 aliphatic heterocycles. The van der Waals surface area contributed by atoms with Crippen LogP contribution in [0.1, 0.15) is 0 Å². The molecule has 2 N–H and O–H groups in total. The van der Waals surface area contributed by atoms with Crippen molar-refractivity contribution >= 4 is 7.82 Å². The van der Waals surface area contributed by atoms with Gasteiger partial charge < -0.3 is 5.73 Å². The van der Waals surface area contributed by atoms with Gasteiger partial charge in [0.1, 0.15) is 0 Å². The van der Waals surface area contributed by atoms with Crippen molar-refractivity contribution in [3.8, 4) is 0 Å². The van der Waals surface area contributed by atoms with E-state index in [2.05, 4.69) is 0 Å². The Labute approximate surface area is 58.1 Å². The van der Waals surface area contributed by atoms with Crippen molar-refractivity contribution in [3.63, 3.8) is 0 Å². The molecule has 10 heavy (non-hydrogen) atoms. The van der Waals surface area contributed by atoms with Crippen LogP contribution >= 0.6 is 7.82 Å². The van der Waals surface area contributed by atoms with Gasteiger partial charge in [-0.15, -0.1) is 0 Å². The monoisotopic (exact) mass is 165 g/mol. The maximum Gasteiger partial charge on any atom is 0.474 e. The molecule has 6 heteroatoms. The predicted octanol–water partition coefficient (Wildman–Crippen LogP) is -0.131. The Morgan fingerprint density at radius 3 is 1.90 bits per heavy atom. The Morgan fingerprint density at radius 2 is 1.60 bits per heavy atom. The Balaban J connectivity index is 2.24. The third kappa shape index (κ3) is 0.909. The molecular formula is C4H8NO4P. The van der Waals surface area contributed by atoms with E-state index in [1.165, 1.54) is 0 Å². The van der Waals surface area contributed by atoms with Crippen LogP contribution < -0.4 is 5.73 Å². The molecule has 3 fully saturated rings. The van der Waals surface area contributed by atoms with Crippen LogP contribution in [-0.2, 0) is 18.1 Å². The fraction of sp³-hybridized carbons (Fsp3) is 1.00. The van der Waals surface area contributed by atoms with Gasteiger partial charge in [-0.05, 0) is 0 Å². The third-order valence-electron chi connectivity index (χ3n) is 1.53. The highest BCUT2D eigenvalue weighted by Crippen LogP contribution is 2.56. The molecule has 3 rings (SSSR count). The van der Waals surface area contributed by atoms with Crippen LogP contribution in [0.2, 0.25) is 0 Å². The van der Waals surface area contributed by atoms with Crippen LogP contribution in [0, 0.1) is 0 Å². The van der Waals surface area contributed by atoms with Gasteiger partial charge in [0.2, 0.25) is 0 Å². The molecule has 0 amide bonds. The topological polar surface area (TPSA) is 70.8 Å². The number of fused-ring (bicyclic) bond motifs is 3. The van der Waals surface area contributed by atoms with Crippen LogP contribution in [0.4, 0.5) is 0 Å². The summed E-state index contributed by atoms with van der Waals surface area (Å²) >= 11 is 0. The van der Waals surface area contributed by atoms with Gasteiger partial charge in [0.25, 0.3) is 0 Å². The van der Waals surface area contributed by atoms with Gasteiger partial charge in [0.05, 0.1) is 25.4 Å². The fourth-order valence-electron chi connectivity index (χ4n) is 0.860. The van der Waals surface area contributed by atoms with Crippen molar-refractivity contribution in [2.24, 2.45) is 5.73 Å². The average molecular weight is 165 g/mol. The van der Waals surface area contributed by atoms with Crippen molar-refractivity contribution in [3.05, 3.63) is 0 Å². The van der Waals surface area contributed by atoms with Gasteiger partial charge in [-0.3, -0.25) is 13.6 Å². The molecule has 0 aromatic rings. The summed E-state index contributed by atoms with van der Waals surface area (Å²) in [4.78, 5) is 0. The summed E-state index contributed by atoms with van der Waals surface area (Å²) in [6, 6.07) is 0. The van der Waals surface area contributed by atoms with E-state index < -0.39 is 13.4 Å². The molecule has 3 saturated heterocycles. The minimum Gasteiger partial charge on any atom is -0.319 e. The molecule has 0 aliphatic carbocycles. The van der Waals surface area contributed by atoms with Crippen LogP contribution in [0.25, 0.3) is 0 Å². The minimum atomic E-state index is -3.15. The Bertz CT molecular complexity index is 174. The van der Waals surface area contributed by atoms with Gasteiger partial charge in [0.15, 0.2) is 0 Å². The molecule has 0 saturated carbocycles. The molecule has 0 spiro atoms. The molecule has 0 unspecified atom stereocenters. The zero-order chi connectivity index (χ0) is 7.24. The second kappa shape index (κ2) is 1.81. The maximum atomic E-state index is 11.1. The molecule has 58 valence electrons. The summed E-state index contributed by atoms with van der Waals surface area (Å²) in [5.74, 6) is 0. The van der Waals surface area contributed by atoms with Gasteiger partial charge in [-0.2, -0.15) is 0 Å². The van der Waals surface area contributed by atoms with E-state index in [1.807, 2.05) is 0 Å². The molecule has 0 aromatic carbocycles. The molecule has 3 aliphatic rings. The van der Waals surface area contributed by atoms with E-state index in [1.54, 1.807) is 0 Å². The first-order valence-corrected chi connectivity index (χ1v) is 4.41. The Hall–Kier alpha value is 0.0700. The van der Waals surface area contributed by atoms with Gasteiger partial charge in [0, 0.05) is 0 Å². The molecule has 3 heterocycles. The van der Waals surface area contributed by atoms with Crippen molar-refractivity contribution in [1.29, 1.82) is 0 Å². The largest absolute Gasteiger partial charge is 0.474 e. The van der Waals surface area contributed by atoms with Crippen molar-refractivity contribution < 1.29 is 18.1 Å². The third-order valence-corrected chi connectivity index (χ3v) is 2.87. The zero-order valence-corrected chi connectivity index (χ0v) is 6.17. The number of nitrogens with two attached hydrogens (primary N) is 1. The highest BCUT2D eigenvalue weighted by molar-refractivity contribution is 7.48. The minimum absolute atomic E-state index is 0.268. The second-order valence-electron chi connectivity index (χ2n) is 2.63. The standard InChI is InChI=1S/C4H8NO4P/c5-4-1-7-10(6,8-2-4)9-3-4/h1-3,5H2. The van der Waals surface area contributed by atoms with Crippen molar-refractivity contribution in [2.45, 2.75) is 5.54 Å². The van der Waals surface area contributed by atoms with Gasteiger partial charge in [-0.25, -0.2) is 4.57 Å². The SMILES string of the molecule is NC12COP(=O)(OC1)OC2. The highest BCUT2D eigenvalue weighted by atomic mass is 31.2. The molecular weight excluding hydrogens is 157 g/mol. The van der Waals surface area contributed by atoms with Crippen molar-refractivity contribution in [2.75, 3.05) is 19.8 Å². The number of phosphoric ester groups is 1. The predicted molar refractivity (Wildman–Crippen MR) is 32.4 cm³/mol. The van der Waals surface area contributed by atoms with E-state index in [0.29, 0.717) is 0 Å². The summed E-state index contributed by atoms with van der Waals surface area (Å²) in [5, 5.41) is 0. The second-order valence-corrected chi connectivity index (χ2v) is 4.30. The van der Waals surface area contributed by atoms with E-state index >= 15 is 0 Å². The summed E-state index contributed by atoms with van der Waals surface area (Å²) in [6.07, 6.45) is 0. The van der Waals surface area contributed by atoms with E-state index in [-0.39, 0.29) is 19.8 Å². The van der Waals surface area contributed by atoms with Crippen LogP contribution in [-0.4, -0.2) is 25.4 Å². The van der Waals surface area contributed by atoms with E-state index in [9.17, 15) is 4.57 Å². The number of phosphoric acid groups is 1. The number of rotatable bonds is 0. The first kappa shape index (κ1) is 6.76. The lowest BCUT2D eigenvalue weighted by Crippen LogP contribution is -2.57. The van der Waals surface area contributed by atoms with Crippen LogP contribution in [0.3, 0.4) is 0 Å². The lowest BCUT2D eigenvalue weighted by molar-refractivity contribution is -0.0472. The first-order chi connectivity index (χ1) is 4.62. The molecule has 2 bridgehead atoms. The lowest BCUT2D eigenvalue weighted by atomic mass is 10.1. The maximum absolute atomic E-state index is 11.1. The Kier molecular flexibility index (Phi) is 1.22. The van der Waals surface area contributed by atoms with Crippen LogP contribution in [0.5, 0.6) is 0 Å². The normalized spacial score (nSPS) is 53.3. The summed E-state index contributed by atoms with van der Waals surface area (Å²) in [5.41, 5.74) is 5.08. The Morgan fingerprint density at radius 1 is 1.20 bits per heavy atom. The molecule has 5 nitrogen and oxygen atoms in total. The summed E-state index contributed by atoms with van der Waals surface area (Å²) in [7, 11) is -3.15. The van der Waals surface area contributed by atoms with Crippen LogP contribution in [0.15, 0.2) is 0 Å². The molecule has 0 radical (unpaired) electrons. The first-order valence-electron chi connectivity index (χ1n) is 2.95. The summed E-state index contributed by atoms with van der Waals surface area (Å²) in [6.45, 7) is 0.804.